The second-order valence-corrected chi connectivity index (χ2v) is 4.79. The summed E-state index contributed by atoms with van der Waals surface area (Å²) in [6.07, 6.45) is 11.3. The van der Waals surface area contributed by atoms with Crippen molar-refractivity contribution in [3.63, 3.8) is 0 Å². The number of aliphatic carboxylic acids is 1. The maximum absolute atomic E-state index is 10.6. The van der Waals surface area contributed by atoms with Gasteiger partial charge in [0, 0.05) is 6.42 Å². The van der Waals surface area contributed by atoms with Crippen molar-refractivity contribution in [1.29, 1.82) is 0 Å². The first-order chi connectivity index (χ1) is 7.70. The van der Waals surface area contributed by atoms with Gasteiger partial charge in [-0.25, -0.2) is 0 Å². The van der Waals surface area contributed by atoms with Gasteiger partial charge in [-0.3, -0.25) is 4.79 Å². The quantitative estimate of drug-likeness (QED) is 0.523. The first-order valence-electron chi connectivity index (χ1n) is 6.92. The zero-order valence-electron chi connectivity index (χ0n) is 11.0. The molecule has 0 aromatic heterocycles. The molecule has 0 bridgehead atoms. The van der Waals surface area contributed by atoms with Gasteiger partial charge in [-0.2, -0.15) is 0 Å². The molecule has 1 unspecified atom stereocenters. The van der Waals surface area contributed by atoms with Crippen molar-refractivity contribution < 1.29 is 9.90 Å². The van der Waals surface area contributed by atoms with Gasteiger partial charge in [-0.15, -0.1) is 0 Å². The maximum atomic E-state index is 10.6. The first kappa shape index (κ1) is 15.5. The molecule has 0 aromatic rings. The summed E-state index contributed by atoms with van der Waals surface area (Å²) < 4.78 is 0. The fourth-order valence-corrected chi connectivity index (χ4v) is 2.11. The topological polar surface area (TPSA) is 37.3 Å². The Morgan fingerprint density at radius 3 is 2.12 bits per heavy atom. The largest absolute Gasteiger partial charge is 0.481 e. The van der Waals surface area contributed by atoms with Crippen LogP contribution in [0.2, 0.25) is 0 Å². The Bertz CT molecular complexity index is 166. The summed E-state index contributed by atoms with van der Waals surface area (Å²) in [5.41, 5.74) is 0. The van der Waals surface area contributed by atoms with E-state index in [9.17, 15) is 4.79 Å². The molecular weight excluding hydrogens is 200 g/mol. The van der Waals surface area contributed by atoms with Gasteiger partial charge in [0.1, 0.15) is 0 Å². The van der Waals surface area contributed by atoms with Gasteiger partial charge in [0.15, 0.2) is 0 Å². The van der Waals surface area contributed by atoms with Crippen molar-refractivity contribution >= 4 is 5.97 Å². The number of carboxylic acids is 1. The Hall–Kier alpha value is -0.530. The lowest BCUT2D eigenvalue weighted by atomic mass is 9.91. The van der Waals surface area contributed by atoms with E-state index in [1.165, 1.54) is 51.4 Å². The number of carboxylic acid groups (broad SMARTS) is 1. The molecule has 0 heterocycles. The molecule has 0 saturated carbocycles. The van der Waals surface area contributed by atoms with Crippen LogP contribution < -0.4 is 0 Å². The summed E-state index contributed by atoms with van der Waals surface area (Å²) in [6.45, 7) is 4.42. The third kappa shape index (κ3) is 10.0. The Morgan fingerprint density at radius 2 is 1.56 bits per heavy atom. The van der Waals surface area contributed by atoms with E-state index in [1.54, 1.807) is 0 Å². The highest BCUT2D eigenvalue weighted by Gasteiger charge is 2.10. The highest BCUT2D eigenvalue weighted by atomic mass is 16.4. The molecule has 0 radical (unpaired) electrons. The lowest BCUT2D eigenvalue weighted by Crippen LogP contribution is -2.05. The molecule has 0 spiro atoms. The summed E-state index contributed by atoms with van der Waals surface area (Å²) in [5.74, 6) is 0.00274. The molecule has 1 atom stereocenters. The zero-order valence-corrected chi connectivity index (χ0v) is 11.0. The summed E-state index contributed by atoms with van der Waals surface area (Å²) in [6, 6.07) is 0. The minimum atomic E-state index is -0.643. The van der Waals surface area contributed by atoms with E-state index in [-0.39, 0.29) is 0 Å². The standard InChI is InChI=1S/C14H28O2/c1-3-5-7-8-10-13(9-6-4-2)11-12-14(15)16/h13H,3-12H2,1-2H3,(H,15,16). The predicted molar refractivity (Wildman–Crippen MR) is 68.6 cm³/mol. The third-order valence-electron chi connectivity index (χ3n) is 3.20. The highest BCUT2D eigenvalue weighted by Crippen LogP contribution is 2.22. The van der Waals surface area contributed by atoms with E-state index in [0.717, 1.165) is 6.42 Å². The van der Waals surface area contributed by atoms with Crippen molar-refractivity contribution in [3.05, 3.63) is 0 Å². The van der Waals surface area contributed by atoms with Crippen molar-refractivity contribution in [3.8, 4) is 0 Å². The predicted octanol–water partition coefficient (Wildman–Crippen LogP) is 4.63. The monoisotopic (exact) mass is 228 g/mol. The molecule has 16 heavy (non-hydrogen) atoms. The van der Waals surface area contributed by atoms with Crippen LogP contribution in [0, 0.1) is 5.92 Å². The Labute approximate surface area is 100 Å². The Kier molecular flexibility index (Phi) is 10.6. The molecule has 2 heteroatoms. The van der Waals surface area contributed by atoms with Gasteiger partial charge in [0.25, 0.3) is 0 Å². The van der Waals surface area contributed by atoms with E-state index in [2.05, 4.69) is 13.8 Å². The van der Waals surface area contributed by atoms with Gasteiger partial charge in [-0.05, 0) is 12.3 Å². The van der Waals surface area contributed by atoms with Gasteiger partial charge < -0.3 is 5.11 Å². The fourth-order valence-electron chi connectivity index (χ4n) is 2.11. The van der Waals surface area contributed by atoms with E-state index in [0.29, 0.717) is 12.3 Å². The SMILES string of the molecule is CCCCCCC(CCCC)CCC(=O)O. The van der Waals surface area contributed by atoms with Crippen LogP contribution in [-0.4, -0.2) is 11.1 Å². The Morgan fingerprint density at radius 1 is 0.938 bits per heavy atom. The summed E-state index contributed by atoms with van der Waals surface area (Å²) in [5, 5.41) is 8.70. The molecule has 0 rings (SSSR count). The average molecular weight is 228 g/mol. The van der Waals surface area contributed by atoms with Gasteiger partial charge >= 0.3 is 5.97 Å². The molecule has 0 aromatic carbocycles. The second kappa shape index (κ2) is 11.0. The van der Waals surface area contributed by atoms with E-state index >= 15 is 0 Å². The molecule has 0 aliphatic rings. The summed E-state index contributed by atoms with van der Waals surface area (Å²) >= 11 is 0. The normalized spacial score (nSPS) is 12.6. The van der Waals surface area contributed by atoms with Crippen LogP contribution in [0.4, 0.5) is 0 Å². The molecule has 0 aliphatic carbocycles. The summed E-state index contributed by atoms with van der Waals surface area (Å²) in [4.78, 5) is 10.6. The minimum Gasteiger partial charge on any atom is -0.481 e. The van der Waals surface area contributed by atoms with Gasteiger partial charge in [0.2, 0.25) is 0 Å². The molecule has 0 amide bonds. The zero-order chi connectivity index (χ0) is 12.2. The molecule has 0 fully saturated rings. The summed E-state index contributed by atoms with van der Waals surface area (Å²) in [7, 11) is 0. The highest BCUT2D eigenvalue weighted by molar-refractivity contribution is 5.66. The van der Waals surface area contributed by atoms with Gasteiger partial charge in [0.05, 0.1) is 0 Å². The second-order valence-electron chi connectivity index (χ2n) is 4.79. The van der Waals surface area contributed by atoms with Crippen molar-refractivity contribution in [1.82, 2.24) is 0 Å². The third-order valence-corrected chi connectivity index (χ3v) is 3.20. The van der Waals surface area contributed by atoms with Crippen LogP contribution in [0.25, 0.3) is 0 Å². The molecule has 2 nitrogen and oxygen atoms in total. The van der Waals surface area contributed by atoms with Crippen LogP contribution >= 0.6 is 0 Å². The first-order valence-corrected chi connectivity index (χ1v) is 6.92. The number of carbonyl (C=O) groups is 1. The van der Waals surface area contributed by atoms with Crippen LogP contribution in [0.15, 0.2) is 0 Å². The number of hydrogen-bond donors (Lipinski definition) is 1. The average Bonchev–Trinajstić information content (AvgIpc) is 2.26. The lowest BCUT2D eigenvalue weighted by Gasteiger charge is -2.15. The minimum absolute atomic E-state index is 0.349. The maximum Gasteiger partial charge on any atom is 0.303 e. The van der Waals surface area contributed by atoms with E-state index < -0.39 is 5.97 Å². The van der Waals surface area contributed by atoms with Crippen LogP contribution in [-0.2, 0) is 4.79 Å². The van der Waals surface area contributed by atoms with Crippen molar-refractivity contribution in [2.45, 2.75) is 78.1 Å². The number of rotatable bonds is 11. The van der Waals surface area contributed by atoms with Crippen LogP contribution in [0.5, 0.6) is 0 Å². The Balaban J connectivity index is 3.66. The number of unbranched alkanes of at least 4 members (excludes halogenated alkanes) is 4. The molecular formula is C14H28O2. The molecule has 0 aliphatic heterocycles. The smallest absolute Gasteiger partial charge is 0.303 e. The van der Waals surface area contributed by atoms with E-state index in [1.807, 2.05) is 0 Å². The molecule has 96 valence electrons. The lowest BCUT2D eigenvalue weighted by molar-refractivity contribution is -0.137. The fraction of sp³-hybridized carbons (Fsp3) is 0.929. The van der Waals surface area contributed by atoms with Crippen LogP contribution in [0.1, 0.15) is 78.1 Å². The van der Waals surface area contributed by atoms with Crippen molar-refractivity contribution in [2.24, 2.45) is 5.92 Å². The molecule has 0 saturated heterocycles. The number of hydrogen-bond acceptors (Lipinski definition) is 1. The van der Waals surface area contributed by atoms with Gasteiger partial charge in [-0.1, -0.05) is 65.2 Å². The van der Waals surface area contributed by atoms with E-state index in [4.69, 9.17) is 5.11 Å². The van der Waals surface area contributed by atoms with Crippen LogP contribution in [0.3, 0.4) is 0 Å². The molecule has 1 N–H and O–H groups in total. The van der Waals surface area contributed by atoms with Crippen molar-refractivity contribution in [2.75, 3.05) is 0 Å².